The topological polar surface area (TPSA) is 81.7 Å². The van der Waals surface area contributed by atoms with Crippen LogP contribution in [-0.4, -0.2) is 54.2 Å². The van der Waals surface area contributed by atoms with Crippen molar-refractivity contribution in [2.75, 3.05) is 26.7 Å². The fourth-order valence-corrected chi connectivity index (χ4v) is 2.39. The van der Waals surface area contributed by atoms with Crippen LogP contribution in [0.15, 0.2) is 0 Å². The number of hydrogen-bond donors (Lipinski definition) is 3. The van der Waals surface area contributed by atoms with Crippen LogP contribution in [0.2, 0.25) is 0 Å². The normalized spacial score (nSPS) is 16.8. The van der Waals surface area contributed by atoms with Crippen molar-refractivity contribution in [2.45, 2.75) is 45.1 Å². The predicted molar refractivity (Wildman–Crippen MR) is 77.7 cm³/mol. The molecule has 0 unspecified atom stereocenters. The average Bonchev–Trinajstić information content (AvgIpc) is 2.43. The van der Waals surface area contributed by atoms with E-state index in [9.17, 15) is 9.59 Å². The third-order valence-electron chi connectivity index (χ3n) is 4.17. The highest BCUT2D eigenvalue weighted by Gasteiger charge is 2.27. The zero-order valence-electron chi connectivity index (χ0n) is 12.7. The van der Waals surface area contributed by atoms with Gasteiger partial charge in [-0.1, -0.05) is 0 Å². The number of piperidine rings is 1. The Bertz CT molecular complexity index is 339. The first kappa shape index (κ1) is 16.8. The lowest BCUT2D eigenvalue weighted by Crippen LogP contribution is -2.45. The van der Waals surface area contributed by atoms with Gasteiger partial charge in [0.1, 0.15) is 0 Å². The zero-order chi connectivity index (χ0) is 15.2. The summed E-state index contributed by atoms with van der Waals surface area (Å²) in [4.78, 5) is 24.2. The molecule has 1 saturated heterocycles. The summed E-state index contributed by atoms with van der Waals surface area (Å²) >= 11 is 0. The molecule has 0 atom stereocenters. The second-order valence-corrected chi connectivity index (χ2v) is 6.07. The number of carboxylic acid groups (broad SMARTS) is 1. The first-order chi connectivity index (χ1) is 9.34. The molecule has 6 nitrogen and oxygen atoms in total. The number of rotatable bonds is 6. The second-order valence-electron chi connectivity index (χ2n) is 6.07. The molecule has 1 rings (SSSR count). The average molecular weight is 285 g/mol. The maximum atomic E-state index is 11.9. The summed E-state index contributed by atoms with van der Waals surface area (Å²) in [5, 5.41) is 15.2. The van der Waals surface area contributed by atoms with E-state index >= 15 is 0 Å². The van der Waals surface area contributed by atoms with Crippen LogP contribution in [0.4, 0.5) is 4.79 Å². The quantitative estimate of drug-likeness (QED) is 0.642. The molecule has 1 aliphatic rings. The van der Waals surface area contributed by atoms with Crippen molar-refractivity contribution >= 4 is 12.0 Å². The van der Waals surface area contributed by atoms with Gasteiger partial charge >= 0.3 is 6.09 Å². The van der Waals surface area contributed by atoms with E-state index in [2.05, 4.69) is 10.6 Å². The molecule has 116 valence electrons. The standard InChI is InChI=1S/C14H27N3O3/c1-14(2,17(3)13(19)20)7-4-8-16-12(18)11-5-9-15-10-6-11/h11,15H,4-10H2,1-3H3,(H,16,18)(H,19,20). The van der Waals surface area contributed by atoms with Gasteiger partial charge in [0.05, 0.1) is 0 Å². The number of carbonyl (C=O) groups excluding carboxylic acids is 1. The molecule has 1 heterocycles. The zero-order valence-corrected chi connectivity index (χ0v) is 12.7. The highest BCUT2D eigenvalue weighted by molar-refractivity contribution is 5.78. The lowest BCUT2D eigenvalue weighted by atomic mass is 9.96. The van der Waals surface area contributed by atoms with Gasteiger partial charge < -0.3 is 20.6 Å². The molecular formula is C14H27N3O3. The molecule has 1 fully saturated rings. The number of hydrogen-bond acceptors (Lipinski definition) is 3. The third kappa shape index (κ3) is 5.00. The summed E-state index contributed by atoms with van der Waals surface area (Å²) in [6.45, 7) is 6.23. The van der Waals surface area contributed by atoms with E-state index in [1.54, 1.807) is 7.05 Å². The Morgan fingerprint density at radius 3 is 2.50 bits per heavy atom. The third-order valence-corrected chi connectivity index (χ3v) is 4.17. The summed E-state index contributed by atoms with van der Waals surface area (Å²) in [5.74, 6) is 0.266. The van der Waals surface area contributed by atoms with Gasteiger partial charge in [-0.05, 0) is 52.6 Å². The van der Waals surface area contributed by atoms with Crippen LogP contribution < -0.4 is 10.6 Å². The highest BCUT2D eigenvalue weighted by Crippen LogP contribution is 2.19. The first-order valence-electron chi connectivity index (χ1n) is 7.30. The number of nitrogens with one attached hydrogen (secondary N) is 2. The lowest BCUT2D eigenvalue weighted by molar-refractivity contribution is -0.125. The van der Waals surface area contributed by atoms with E-state index in [4.69, 9.17) is 5.11 Å². The molecule has 0 aromatic rings. The maximum Gasteiger partial charge on any atom is 0.407 e. The van der Waals surface area contributed by atoms with Crippen molar-refractivity contribution < 1.29 is 14.7 Å². The van der Waals surface area contributed by atoms with Gasteiger partial charge in [0.25, 0.3) is 0 Å². The van der Waals surface area contributed by atoms with E-state index < -0.39 is 11.6 Å². The highest BCUT2D eigenvalue weighted by atomic mass is 16.4. The van der Waals surface area contributed by atoms with Gasteiger partial charge in [-0.3, -0.25) is 4.79 Å². The summed E-state index contributed by atoms with van der Waals surface area (Å²) in [7, 11) is 1.58. The fraction of sp³-hybridized carbons (Fsp3) is 0.857. The van der Waals surface area contributed by atoms with Crippen LogP contribution in [0, 0.1) is 5.92 Å². The Hall–Kier alpha value is -1.30. The van der Waals surface area contributed by atoms with Crippen molar-refractivity contribution in [1.29, 1.82) is 0 Å². The number of nitrogens with zero attached hydrogens (tertiary/aromatic N) is 1. The van der Waals surface area contributed by atoms with Crippen molar-refractivity contribution in [3.63, 3.8) is 0 Å². The largest absolute Gasteiger partial charge is 0.465 e. The summed E-state index contributed by atoms with van der Waals surface area (Å²) in [5.41, 5.74) is -0.411. The Kier molecular flexibility index (Phi) is 6.26. The Labute approximate surface area is 120 Å². The summed E-state index contributed by atoms with van der Waals surface area (Å²) in [6.07, 6.45) is 2.38. The van der Waals surface area contributed by atoms with Crippen molar-refractivity contribution in [2.24, 2.45) is 5.92 Å². The van der Waals surface area contributed by atoms with Gasteiger partial charge in [0.15, 0.2) is 0 Å². The van der Waals surface area contributed by atoms with E-state index in [1.807, 2.05) is 13.8 Å². The molecule has 0 aromatic heterocycles. The lowest BCUT2D eigenvalue weighted by Gasteiger charge is -2.33. The van der Waals surface area contributed by atoms with E-state index in [-0.39, 0.29) is 11.8 Å². The molecule has 1 aliphatic heterocycles. The molecular weight excluding hydrogens is 258 g/mol. The van der Waals surface area contributed by atoms with Crippen LogP contribution in [0.3, 0.4) is 0 Å². The summed E-state index contributed by atoms with van der Waals surface area (Å²) in [6, 6.07) is 0. The van der Waals surface area contributed by atoms with Gasteiger partial charge in [-0.15, -0.1) is 0 Å². The molecule has 20 heavy (non-hydrogen) atoms. The SMILES string of the molecule is CN(C(=O)O)C(C)(C)CCCNC(=O)C1CCNCC1. The van der Waals surface area contributed by atoms with Crippen LogP contribution in [0.5, 0.6) is 0 Å². The summed E-state index contributed by atoms with van der Waals surface area (Å²) < 4.78 is 0. The molecule has 0 saturated carbocycles. The minimum atomic E-state index is -0.922. The number of amides is 2. The minimum absolute atomic E-state index is 0.131. The van der Waals surface area contributed by atoms with Crippen LogP contribution in [-0.2, 0) is 4.79 Å². The molecule has 0 aromatic carbocycles. The second kappa shape index (κ2) is 7.47. The van der Waals surface area contributed by atoms with Gasteiger partial charge in [0, 0.05) is 25.0 Å². The van der Waals surface area contributed by atoms with Crippen molar-refractivity contribution in [3.05, 3.63) is 0 Å². The Morgan fingerprint density at radius 2 is 1.95 bits per heavy atom. The predicted octanol–water partition coefficient (Wildman–Crippen LogP) is 1.27. The van der Waals surface area contributed by atoms with Crippen LogP contribution in [0.1, 0.15) is 39.5 Å². The Balaban J connectivity index is 2.23. The van der Waals surface area contributed by atoms with Crippen molar-refractivity contribution in [1.82, 2.24) is 15.5 Å². The molecule has 6 heteroatoms. The van der Waals surface area contributed by atoms with E-state index in [0.29, 0.717) is 6.54 Å². The molecule has 0 bridgehead atoms. The van der Waals surface area contributed by atoms with Gasteiger partial charge in [-0.25, -0.2) is 4.79 Å². The van der Waals surface area contributed by atoms with E-state index in [0.717, 1.165) is 38.8 Å². The van der Waals surface area contributed by atoms with Crippen LogP contribution >= 0.6 is 0 Å². The van der Waals surface area contributed by atoms with E-state index in [1.165, 1.54) is 4.90 Å². The van der Waals surface area contributed by atoms with Gasteiger partial charge in [0.2, 0.25) is 5.91 Å². The molecule has 3 N–H and O–H groups in total. The molecule has 0 aliphatic carbocycles. The number of carbonyl (C=O) groups is 2. The molecule has 2 amide bonds. The monoisotopic (exact) mass is 285 g/mol. The van der Waals surface area contributed by atoms with Crippen molar-refractivity contribution in [3.8, 4) is 0 Å². The first-order valence-corrected chi connectivity index (χ1v) is 7.30. The fourth-order valence-electron chi connectivity index (χ4n) is 2.39. The maximum absolute atomic E-state index is 11.9. The Morgan fingerprint density at radius 1 is 1.35 bits per heavy atom. The van der Waals surface area contributed by atoms with Gasteiger partial charge in [-0.2, -0.15) is 0 Å². The molecule has 0 radical (unpaired) electrons. The van der Waals surface area contributed by atoms with Crippen LogP contribution in [0.25, 0.3) is 0 Å². The smallest absolute Gasteiger partial charge is 0.407 e. The minimum Gasteiger partial charge on any atom is -0.465 e. The molecule has 0 spiro atoms.